The van der Waals surface area contributed by atoms with Crippen molar-refractivity contribution >= 4 is 50.9 Å². The summed E-state index contributed by atoms with van der Waals surface area (Å²) in [6.45, 7) is 4.78. The van der Waals surface area contributed by atoms with Crippen LogP contribution in [0.15, 0.2) is 218 Å². The highest BCUT2D eigenvalue weighted by molar-refractivity contribution is 6.10. The molecule has 0 fully saturated rings. The van der Waals surface area contributed by atoms with Gasteiger partial charge >= 0.3 is 0 Å². The third kappa shape index (κ3) is 6.27. The molecule has 0 radical (unpaired) electrons. The lowest BCUT2D eigenvalue weighted by molar-refractivity contribution is 0.661. The largest absolute Gasteiger partial charge is 0.311 e. The SMILES string of the molecule is CC1(C)c2cc(/C=C/c3ccc(N(c4ccccc4)c4ccccc4)cc3)ccc2-c2cc3c(-c4ccccc4)c(-c4ccccc4)n(-c4cccc5ccccc45)c3cc21. The zero-order chi connectivity index (χ0) is 40.9. The van der Waals surface area contributed by atoms with Crippen LogP contribution in [0, 0.1) is 0 Å². The smallest absolute Gasteiger partial charge is 0.0619 e. The van der Waals surface area contributed by atoms with Gasteiger partial charge in [0.05, 0.1) is 16.9 Å². The van der Waals surface area contributed by atoms with E-state index >= 15 is 0 Å². The van der Waals surface area contributed by atoms with Gasteiger partial charge in [-0.3, -0.25) is 0 Å². The second-order valence-electron chi connectivity index (χ2n) is 16.6. The van der Waals surface area contributed by atoms with Crippen molar-refractivity contribution in [3.63, 3.8) is 0 Å². The number of aromatic nitrogens is 1. The molecule has 0 bridgehead atoms. The summed E-state index contributed by atoms with van der Waals surface area (Å²) in [6, 6.07) is 79.3. The van der Waals surface area contributed by atoms with E-state index in [2.05, 4.69) is 254 Å². The number of nitrogens with zero attached hydrogens (tertiary/aromatic N) is 2. The summed E-state index contributed by atoms with van der Waals surface area (Å²) in [5, 5.41) is 3.72. The summed E-state index contributed by atoms with van der Waals surface area (Å²) in [7, 11) is 0. The van der Waals surface area contributed by atoms with Crippen LogP contribution >= 0.6 is 0 Å². The molecular formula is C59H44N2. The second kappa shape index (κ2) is 14.9. The summed E-state index contributed by atoms with van der Waals surface area (Å²) in [5.74, 6) is 0. The fraction of sp³-hybridized carbons (Fsp3) is 0.0508. The van der Waals surface area contributed by atoms with Crippen molar-refractivity contribution < 1.29 is 0 Å². The molecule has 2 heteroatoms. The molecule has 1 aliphatic rings. The summed E-state index contributed by atoms with van der Waals surface area (Å²) in [5.41, 5.74) is 18.1. The molecule has 1 aliphatic carbocycles. The fourth-order valence-corrected chi connectivity index (χ4v) is 9.58. The third-order valence-electron chi connectivity index (χ3n) is 12.6. The molecule has 0 aliphatic heterocycles. The van der Waals surface area contributed by atoms with Crippen molar-refractivity contribution in [1.29, 1.82) is 0 Å². The molecule has 10 aromatic rings. The minimum absolute atomic E-state index is 0.212. The molecule has 0 atom stereocenters. The highest BCUT2D eigenvalue weighted by Gasteiger charge is 2.37. The minimum atomic E-state index is -0.212. The van der Waals surface area contributed by atoms with Gasteiger partial charge in [0.2, 0.25) is 0 Å². The van der Waals surface area contributed by atoms with Gasteiger partial charge in [0, 0.05) is 38.8 Å². The Balaban J connectivity index is 1.02. The van der Waals surface area contributed by atoms with Crippen molar-refractivity contribution in [3.8, 4) is 39.2 Å². The van der Waals surface area contributed by atoms with Crippen molar-refractivity contribution in [1.82, 2.24) is 4.57 Å². The number of benzene rings is 9. The van der Waals surface area contributed by atoms with Crippen molar-refractivity contribution in [2.75, 3.05) is 4.90 Å². The lowest BCUT2D eigenvalue weighted by Crippen LogP contribution is -2.15. The molecule has 9 aromatic carbocycles. The second-order valence-corrected chi connectivity index (χ2v) is 16.6. The number of rotatable bonds is 8. The Bertz CT molecular complexity index is 3190. The van der Waals surface area contributed by atoms with E-state index in [9.17, 15) is 0 Å². The van der Waals surface area contributed by atoms with Crippen molar-refractivity contribution in [2.24, 2.45) is 0 Å². The zero-order valence-electron chi connectivity index (χ0n) is 34.3. The Morgan fingerprint density at radius 2 is 0.967 bits per heavy atom. The Labute approximate surface area is 358 Å². The number of hydrogen-bond donors (Lipinski definition) is 0. The molecule has 1 aromatic heterocycles. The fourth-order valence-electron chi connectivity index (χ4n) is 9.58. The van der Waals surface area contributed by atoms with E-state index < -0.39 is 0 Å². The topological polar surface area (TPSA) is 8.17 Å². The van der Waals surface area contributed by atoms with Crippen LogP contribution in [0.4, 0.5) is 17.1 Å². The minimum Gasteiger partial charge on any atom is -0.311 e. The van der Waals surface area contributed by atoms with Gasteiger partial charge in [-0.2, -0.15) is 0 Å². The first-order chi connectivity index (χ1) is 30.0. The van der Waals surface area contributed by atoms with Crippen molar-refractivity contribution in [2.45, 2.75) is 19.3 Å². The van der Waals surface area contributed by atoms with Gasteiger partial charge < -0.3 is 9.47 Å². The van der Waals surface area contributed by atoms with E-state index in [0.29, 0.717) is 0 Å². The van der Waals surface area contributed by atoms with Gasteiger partial charge in [-0.05, 0) is 104 Å². The monoisotopic (exact) mass is 780 g/mol. The van der Waals surface area contributed by atoms with E-state index in [1.807, 2.05) is 0 Å². The van der Waals surface area contributed by atoms with E-state index in [4.69, 9.17) is 0 Å². The van der Waals surface area contributed by atoms with E-state index in [-0.39, 0.29) is 5.41 Å². The van der Waals surface area contributed by atoms with Crippen LogP contribution in [0.1, 0.15) is 36.1 Å². The average Bonchev–Trinajstić information content (AvgIpc) is 3.76. The van der Waals surface area contributed by atoms with Gasteiger partial charge in [-0.15, -0.1) is 0 Å². The first-order valence-electron chi connectivity index (χ1n) is 21.2. The van der Waals surface area contributed by atoms with E-state index in [0.717, 1.165) is 22.6 Å². The molecule has 0 N–H and O–H groups in total. The Morgan fingerprint density at radius 1 is 0.426 bits per heavy atom. The molecule has 0 saturated heterocycles. The first kappa shape index (κ1) is 36.4. The van der Waals surface area contributed by atoms with Crippen LogP contribution in [0.3, 0.4) is 0 Å². The first-order valence-corrected chi connectivity index (χ1v) is 21.2. The molecule has 1 heterocycles. The maximum Gasteiger partial charge on any atom is 0.0619 e. The van der Waals surface area contributed by atoms with Crippen LogP contribution in [0.25, 0.3) is 73.0 Å². The van der Waals surface area contributed by atoms with Gasteiger partial charge in [-0.25, -0.2) is 0 Å². The normalized spacial score (nSPS) is 12.8. The summed E-state index contributed by atoms with van der Waals surface area (Å²) < 4.78 is 2.53. The van der Waals surface area contributed by atoms with Crippen LogP contribution in [0.5, 0.6) is 0 Å². The molecule has 290 valence electrons. The van der Waals surface area contributed by atoms with Crippen LogP contribution in [-0.4, -0.2) is 4.57 Å². The van der Waals surface area contributed by atoms with Gasteiger partial charge in [0.15, 0.2) is 0 Å². The number of hydrogen-bond acceptors (Lipinski definition) is 1. The number of para-hydroxylation sites is 2. The molecule has 0 spiro atoms. The Hall–Kier alpha value is -7.68. The van der Waals surface area contributed by atoms with Gasteiger partial charge in [-0.1, -0.05) is 190 Å². The van der Waals surface area contributed by atoms with Gasteiger partial charge in [0.1, 0.15) is 0 Å². The lowest BCUT2D eigenvalue weighted by atomic mass is 9.81. The molecular weight excluding hydrogens is 737 g/mol. The number of fused-ring (bicyclic) bond motifs is 5. The van der Waals surface area contributed by atoms with E-state index in [1.54, 1.807) is 0 Å². The molecule has 11 rings (SSSR count). The number of anilines is 3. The highest BCUT2D eigenvalue weighted by atomic mass is 15.1. The third-order valence-corrected chi connectivity index (χ3v) is 12.6. The summed E-state index contributed by atoms with van der Waals surface area (Å²) in [4.78, 5) is 2.30. The van der Waals surface area contributed by atoms with Crippen LogP contribution < -0.4 is 4.90 Å². The standard InChI is InChI=1S/C59H44N2/c1-59(2)53-38-42(31-30-41-32-35-48(36-33-41)60(46-24-11-5-12-25-46)47-26-13-6-14-27-47)34-37-50(53)51-39-52-56(40-54(51)59)61(55-29-17-23-43-18-15-16-28-49(43)55)58(45-21-9-4-10-22-45)57(52)44-19-7-3-8-20-44/h3-40H,1-2H3/b31-30+. The quantitative estimate of drug-likeness (QED) is 0.139. The van der Waals surface area contributed by atoms with E-state index in [1.165, 1.54) is 77.6 Å². The summed E-state index contributed by atoms with van der Waals surface area (Å²) >= 11 is 0. The van der Waals surface area contributed by atoms with Crippen LogP contribution in [0.2, 0.25) is 0 Å². The predicted octanol–water partition coefficient (Wildman–Crippen LogP) is 16.1. The predicted molar refractivity (Wildman–Crippen MR) is 259 cm³/mol. The maximum atomic E-state index is 2.53. The zero-order valence-corrected chi connectivity index (χ0v) is 34.3. The maximum absolute atomic E-state index is 2.53. The average molecular weight is 781 g/mol. The van der Waals surface area contributed by atoms with Gasteiger partial charge in [0.25, 0.3) is 0 Å². The van der Waals surface area contributed by atoms with Crippen molar-refractivity contribution in [3.05, 3.63) is 241 Å². The molecule has 0 saturated carbocycles. The van der Waals surface area contributed by atoms with Crippen LogP contribution in [-0.2, 0) is 5.41 Å². The molecule has 61 heavy (non-hydrogen) atoms. The molecule has 2 nitrogen and oxygen atoms in total. The summed E-state index contributed by atoms with van der Waals surface area (Å²) in [6.07, 6.45) is 4.49. The Kier molecular flexibility index (Phi) is 8.86. The molecule has 0 amide bonds. The lowest BCUT2D eigenvalue weighted by Gasteiger charge is -2.25. The molecule has 0 unspecified atom stereocenters. The Morgan fingerprint density at radius 3 is 1.66 bits per heavy atom. The highest BCUT2D eigenvalue weighted by Crippen LogP contribution is 2.53.